The fourth-order valence-corrected chi connectivity index (χ4v) is 2.61. The second-order valence-corrected chi connectivity index (χ2v) is 5.36. The Balaban J connectivity index is 1.74. The SMILES string of the molecule is C[C@H](NC(=O)Cc1cn(C)c2ncccc12)c1ccccn1. The van der Waals surface area contributed by atoms with Crippen LogP contribution in [0.1, 0.15) is 24.2 Å². The number of nitrogens with one attached hydrogen (secondary N) is 1. The summed E-state index contributed by atoms with van der Waals surface area (Å²) in [6, 6.07) is 9.46. The number of rotatable bonds is 4. The van der Waals surface area contributed by atoms with Crippen molar-refractivity contribution in [1.29, 1.82) is 0 Å². The Morgan fingerprint density at radius 2 is 2.05 bits per heavy atom. The van der Waals surface area contributed by atoms with Crippen molar-refractivity contribution >= 4 is 16.9 Å². The summed E-state index contributed by atoms with van der Waals surface area (Å²) in [4.78, 5) is 20.9. The Bertz CT molecular complexity index is 795. The molecule has 1 atom stereocenters. The van der Waals surface area contributed by atoms with Gasteiger partial charge in [-0.2, -0.15) is 0 Å². The van der Waals surface area contributed by atoms with Crippen LogP contribution < -0.4 is 5.32 Å². The van der Waals surface area contributed by atoms with Gasteiger partial charge < -0.3 is 9.88 Å². The van der Waals surface area contributed by atoms with Gasteiger partial charge in [-0.25, -0.2) is 4.98 Å². The number of carbonyl (C=O) groups is 1. The largest absolute Gasteiger partial charge is 0.348 e. The van der Waals surface area contributed by atoms with Crippen molar-refractivity contribution in [2.75, 3.05) is 0 Å². The van der Waals surface area contributed by atoms with E-state index in [0.717, 1.165) is 22.3 Å². The molecule has 112 valence electrons. The maximum absolute atomic E-state index is 12.3. The van der Waals surface area contributed by atoms with Crippen LogP contribution >= 0.6 is 0 Å². The highest BCUT2D eigenvalue weighted by Gasteiger charge is 2.14. The highest BCUT2D eigenvalue weighted by Crippen LogP contribution is 2.19. The predicted octanol–water partition coefficient (Wildman–Crippen LogP) is 2.39. The fraction of sp³-hybridized carbons (Fsp3) is 0.235. The molecule has 0 unspecified atom stereocenters. The third kappa shape index (κ3) is 2.83. The number of hydrogen-bond donors (Lipinski definition) is 1. The molecule has 5 nitrogen and oxygen atoms in total. The lowest BCUT2D eigenvalue weighted by Gasteiger charge is -2.13. The molecule has 3 aromatic heterocycles. The Labute approximate surface area is 129 Å². The van der Waals surface area contributed by atoms with Crippen LogP contribution in [-0.2, 0) is 18.3 Å². The first kappa shape index (κ1) is 14.3. The minimum atomic E-state index is -0.109. The molecule has 0 radical (unpaired) electrons. The third-order valence-corrected chi connectivity index (χ3v) is 3.68. The van der Waals surface area contributed by atoms with E-state index in [1.54, 1.807) is 12.4 Å². The van der Waals surface area contributed by atoms with Crippen molar-refractivity contribution in [2.45, 2.75) is 19.4 Å². The van der Waals surface area contributed by atoms with Gasteiger partial charge in [0.1, 0.15) is 5.65 Å². The summed E-state index contributed by atoms with van der Waals surface area (Å²) >= 11 is 0. The zero-order chi connectivity index (χ0) is 15.5. The summed E-state index contributed by atoms with van der Waals surface area (Å²) < 4.78 is 1.94. The summed E-state index contributed by atoms with van der Waals surface area (Å²) in [5.41, 5.74) is 2.73. The normalized spacial score (nSPS) is 12.3. The summed E-state index contributed by atoms with van der Waals surface area (Å²) in [5.74, 6) is -0.0190. The zero-order valence-corrected chi connectivity index (χ0v) is 12.7. The second-order valence-electron chi connectivity index (χ2n) is 5.36. The lowest BCUT2D eigenvalue weighted by molar-refractivity contribution is -0.121. The van der Waals surface area contributed by atoms with Gasteiger partial charge in [0, 0.05) is 31.0 Å². The van der Waals surface area contributed by atoms with Crippen LogP contribution in [-0.4, -0.2) is 20.4 Å². The van der Waals surface area contributed by atoms with Crippen molar-refractivity contribution < 1.29 is 4.79 Å². The summed E-state index contributed by atoms with van der Waals surface area (Å²) in [5, 5.41) is 4.01. The van der Waals surface area contributed by atoms with Crippen LogP contribution in [0.5, 0.6) is 0 Å². The molecule has 0 spiro atoms. The molecule has 0 bridgehead atoms. The predicted molar refractivity (Wildman–Crippen MR) is 85.2 cm³/mol. The van der Waals surface area contributed by atoms with E-state index in [1.165, 1.54) is 0 Å². The van der Waals surface area contributed by atoms with Crippen molar-refractivity contribution in [3.8, 4) is 0 Å². The molecular weight excluding hydrogens is 276 g/mol. The van der Waals surface area contributed by atoms with Crippen LogP contribution in [0.4, 0.5) is 0 Å². The molecule has 0 aliphatic carbocycles. The lowest BCUT2D eigenvalue weighted by Crippen LogP contribution is -2.28. The molecule has 3 aromatic rings. The molecule has 22 heavy (non-hydrogen) atoms. The van der Waals surface area contributed by atoms with Crippen molar-refractivity contribution in [3.63, 3.8) is 0 Å². The van der Waals surface area contributed by atoms with Crippen LogP contribution in [0.3, 0.4) is 0 Å². The van der Waals surface area contributed by atoms with E-state index >= 15 is 0 Å². The fourth-order valence-electron chi connectivity index (χ4n) is 2.61. The van der Waals surface area contributed by atoms with Crippen molar-refractivity contribution in [3.05, 3.63) is 60.2 Å². The number of aromatic nitrogens is 3. The Morgan fingerprint density at radius 1 is 1.23 bits per heavy atom. The monoisotopic (exact) mass is 294 g/mol. The van der Waals surface area contributed by atoms with E-state index in [1.807, 2.05) is 55.1 Å². The first-order valence-corrected chi connectivity index (χ1v) is 7.24. The maximum Gasteiger partial charge on any atom is 0.225 e. The molecule has 3 rings (SSSR count). The van der Waals surface area contributed by atoms with Crippen LogP contribution in [0.15, 0.2) is 48.9 Å². The number of nitrogens with zero attached hydrogens (tertiary/aromatic N) is 3. The zero-order valence-electron chi connectivity index (χ0n) is 12.7. The molecule has 0 saturated carbocycles. The number of amides is 1. The van der Waals surface area contributed by atoms with Gasteiger partial charge in [-0.3, -0.25) is 9.78 Å². The van der Waals surface area contributed by atoms with Gasteiger partial charge >= 0.3 is 0 Å². The van der Waals surface area contributed by atoms with Crippen LogP contribution in [0, 0.1) is 0 Å². The first-order valence-electron chi connectivity index (χ1n) is 7.24. The second kappa shape index (κ2) is 5.97. The molecule has 0 aliphatic heterocycles. The average Bonchev–Trinajstić information content (AvgIpc) is 2.85. The number of aryl methyl sites for hydroxylation is 1. The molecule has 3 heterocycles. The minimum Gasteiger partial charge on any atom is -0.348 e. The topological polar surface area (TPSA) is 59.8 Å². The molecule has 1 N–H and O–H groups in total. The molecule has 0 saturated heterocycles. The quantitative estimate of drug-likeness (QED) is 0.803. The van der Waals surface area contributed by atoms with E-state index in [2.05, 4.69) is 15.3 Å². The number of hydrogen-bond acceptors (Lipinski definition) is 3. The van der Waals surface area contributed by atoms with Gasteiger partial charge in [-0.15, -0.1) is 0 Å². The summed E-state index contributed by atoms with van der Waals surface area (Å²) in [6.45, 7) is 1.94. The summed E-state index contributed by atoms with van der Waals surface area (Å²) in [7, 11) is 1.94. The molecular formula is C17H18N4O. The molecule has 0 aromatic carbocycles. The lowest BCUT2D eigenvalue weighted by atomic mass is 10.1. The van der Waals surface area contributed by atoms with Crippen molar-refractivity contribution in [2.24, 2.45) is 7.05 Å². The highest BCUT2D eigenvalue weighted by atomic mass is 16.1. The van der Waals surface area contributed by atoms with Gasteiger partial charge in [-0.1, -0.05) is 6.07 Å². The average molecular weight is 294 g/mol. The smallest absolute Gasteiger partial charge is 0.225 e. The van der Waals surface area contributed by atoms with Gasteiger partial charge in [0.25, 0.3) is 0 Å². The van der Waals surface area contributed by atoms with Gasteiger partial charge in [0.15, 0.2) is 0 Å². The first-order chi connectivity index (χ1) is 10.6. The standard InChI is InChI=1S/C17H18N4O/c1-12(15-7-3-4-8-18-15)20-16(22)10-13-11-21(2)17-14(13)6-5-9-19-17/h3-9,11-12H,10H2,1-2H3,(H,20,22)/t12-/m0/s1. The van der Waals surface area contributed by atoms with Gasteiger partial charge in [0.2, 0.25) is 5.91 Å². The number of pyridine rings is 2. The Morgan fingerprint density at radius 3 is 2.82 bits per heavy atom. The van der Waals surface area contributed by atoms with Crippen molar-refractivity contribution in [1.82, 2.24) is 19.9 Å². The molecule has 1 amide bonds. The van der Waals surface area contributed by atoms with Crippen LogP contribution in [0.25, 0.3) is 11.0 Å². The van der Waals surface area contributed by atoms with E-state index < -0.39 is 0 Å². The number of fused-ring (bicyclic) bond motifs is 1. The van der Waals surface area contributed by atoms with Gasteiger partial charge in [-0.05, 0) is 36.8 Å². The van der Waals surface area contributed by atoms with E-state index in [-0.39, 0.29) is 11.9 Å². The summed E-state index contributed by atoms with van der Waals surface area (Å²) in [6.07, 6.45) is 5.78. The Kier molecular flexibility index (Phi) is 3.87. The Hall–Kier alpha value is -2.69. The van der Waals surface area contributed by atoms with Gasteiger partial charge in [0.05, 0.1) is 18.2 Å². The third-order valence-electron chi connectivity index (χ3n) is 3.68. The molecule has 5 heteroatoms. The van der Waals surface area contributed by atoms with E-state index in [0.29, 0.717) is 6.42 Å². The highest BCUT2D eigenvalue weighted by molar-refractivity contribution is 5.87. The van der Waals surface area contributed by atoms with E-state index in [9.17, 15) is 4.79 Å². The molecule has 0 fully saturated rings. The van der Waals surface area contributed by atoms with E-state index in [4.69, 9.17) is 0 Å². The maximum atomic E-state index is 12.3. The minimum absolute atomic E-state index is 0.0190. The number of carbonyl (C=O) groups excluding carboxylic acids is 1. The van der Waals surface area contributed by atoms with Crippen LogP contribution in [0.2, 0.25) is 0 Å². The molecule has 0 aliphatic rings.